The molecule has 0 saturated carbocycles. The van der Waals surface area contributed by atoms with Gasteiger partial charge in [-0.15, -0.1) is 0 Å². The molecule has 2 aromatic carbocycles. The Balaban J connectivity index is 2.24. The standard InChI is InChI=1S/C21H27N3O/c1-4-12-24(13-5-2)21(25)17-8-6-16(7-9-17)18-10-11-19(15-22)20(14-18)23-3/h6-11,14-15,22-23H,4-5,12-13H2,1-3H3. The van der Waals surface area contributed by atoms with E-state index in [-0.39, 0.29) is 5.91 Å². The SMILES string of the molecule is CCCN(CCC)C(=O)c1ccc(-c2ccc(C=N)c(NC)c2)cc1. The minimum atomic E-state index is 0.102. The van der Waals surface area contributed by atoms with Crippen molar-refractivity contribution in [2.75, 3.05) is 25.5 Å². The van der Waals surface area contributed by atoms with Crippen molar-refractivity contribution in [2.24, 2.45) is 0 Å². The molecule has 0 bridgehead atoms. The van der Waals surface area contributed by atoms with Gasteiger partial charge in [0.1, 0.15) is 0 Å². The first-order chi connectivity index (χ1) is 12.1. The van der Waals surface area contributed by atoms with Gasteiger partial charge in [-0.1, -0.05) is 38.1 Å². The van der Waals surface area contributed by atoms with Crippen LogP contribution in [0.15, 0.2) is 42.5 Å². The molecule has 4 heteroatoms. The number of nitrogens with zero attached hydrogens (tertiary/aromatic N) is 1. The number of anilines is 1. The number of carbonyl (C=O) groups is 1. The van der Waals surface area contributed by atoms with Gasteiger partial charge in [-0.2, -0.15) is 0 Å². The molecule has 0 aliphatic heterocycles. The lowest BCUT2D eigenvalue weighted by Crippen LogP contribution is -2.32. The Labute approximate surface area is 150 Å². The Bertz CT molecular complexity index is 716. The second-order valence-electron chi connectivity index (χ2n) is 6.07. The fourth-order valence-electron chi connectivity index (χ4n) is 2.92. The molecule has 25 heavy (non-hydrogen) atoms. The van der Waals surface area contributed by atoms with Crippen molar-refractivity contribution in [3.05, 3.63) is 53.6 Å². The Morgan fingerprint density at radius 3 is 2.16 bits per heavy atom. The van der Waals surface area contributed by atoms with Crippen LogP contribution in [-0.2, 0) is 0 Å². The van der Waals surface area contributed by atoms with Crippen molar-refractivity contribution in [1.29, 1.82) is 5.41 Å². The van der Waals surface area contributed by atoms with Gasteiger partial charge in [-0.05, 0) is 42.2 Å². The lowest BCUT2D eigenvalue weighted by molar-refractivity contribution is 0.0755. The predicted molar refractivity (Wildman–Crippen MR) is 106 cm³/mol. The van der Waals surface area contributed by atoms with Crippen LogP contribution in [0.2, 0.25) is 0 Å². The van der Waals surface area contributed by atoms with Crippen LogP contribution in [0.25, 0.3) is 11.1 Å². The second-order valence-corrected chi connectivity index (χ2v) is 6.07. The van der Waals surface area contributed by atoms with Gasteiger partial charge in [-0.25, -0.2) is 0 Å². The molecule has 0 aliphatic rings. The van der Waals surface area contributed by atoms with E-state index in [9.17, 15) is 4.79 Å². The van der Waals surface area contributed by atoms with Crippen LogP contribution in [-0.4, -0.2) is 37.2 Å². The number of hydrogen-bond acceptors (Lipinski definition) is 3. The van der Waals surface area contributed by atoms with E-state index in [2.05, 4.69) is 19.2 Å². The molecular formula is C21H27N3O. The van der Waals surface area contributed by atoms with E-state index in [0.29, 0.717) is 0 Å². The van der Waals surface area contributed by atoms with Gasteiger partial charge in [0.15, 0.2) is 0 Å². The van der Waals surface area contributed by atoms with E-state index in [1.807, 2.05) is 54.4 Å². The monoisotopic (exact) mass is 337 g/mol. The van der Waals surface area contributed by atoms with Crippen LogP contribution in [0, 0.1) is 5.41 Å². The summed E-state index contributed by atoms with van der Waals surface area (Å²) in [6.45, 7) is 5.78. The third-order valence-electron chi connectivity index (χ3n) is 4.22. The van der Waals surface area contributed by atoms with Gasteiger partial charge >= 0.3 is 0 Å². The summed E-state index contributed by atoms with van der Waals surface area (Å²) < 4.78 is 0. The number of nitrogens with one attached hydrogen (secondary N) is 2. The maximum absolute atomic E-state index is 12.6. The molecule has 0 radical (unpaired) electrons. The van der Waals surface area contributed by atoms with E-state index < -0.39 is 0 Å². The van der Waals surface area contributed by atoms with Crippen LogP contribution >= 0.6 is 0 Å². The van der Waals surface area contributed by atoms with Gasteiger partial charge in [0.2, 0.25) is 0 Å². The first-order valence-electron chi connectivity index (χ1n) is 8.86. The molecule has 1 amide bonds. The topological polar surface area (TPSA) is 56.2 Å². The summed E-state index contributed by atoms with van der Waals surface area (Å²) in [5.74, 6) is 0.102. The molecule has 2 aromatic rings. The quantitative estimate of drug-likeness (QED) is 0.689. The molecule has 2 rings (SSSR count). The van der Waals surface area contributed by atoms with Crippen LogP contribution in [0.5, 0.6) is 0 Å². The van der Waals surface area contributed by atoms with Crippen molar-refractivity contribution in [3.63, 3.8) is 0 Å². The highest BCUT2D eigenvalue weighted by Crippen LogP contribution is 2.25. The number of benzene rings is 2. The Morgan fingerprint density at radius 2 is 1.64 bits per heavy atom. The van der Waals surface area contributed by atoms with Crippen molar-refractivity contribution in [3.8, 4) is 11.1 Å². The van der Waals surface area contributed by atoms with E-state index in [0.717, 1.165) is 53.9 Å². The number of rotatable bonds is 8. The van der Waals surface area contributed by atoms with Crippen LogP contribution in [0.4, 0.5) is 5.69 Å². The molecule has 0 aliphatic carbocycles. The number of carbonyl (C=O) groups excluding carboxylic acids is 1. The second kappa shape index (κ2) is 9.02. The fraction of sp³-hybridized carbons (Fsp3) is 0.333. The van der Waals surface area contributed by atoms with Gasteiger partial charge in [0, 0.05) is 43.2 Å². The highest BCUT2D eigenvalue weighted by molar-refractivity contribution is 5.95. The largest absolute Gasteiger partial charge is 0.388 e. The normalized spacial score (nSPS) is 10.4. The smallest absolute Gasteiger partial charge is 0.253 e. The van der Waals surface area contributed by atoms with Crippen molar-refractivity contribution in [1.82, 2.24) is 4.90 Å². The predicted octanol–water partition coefficient (Wildman–Crippen LogP) is 4.66. The summed E-state index contributed by atoms with van der Waals surface area (Å²) in [6, 6.07) is 13.7. The molecule has 0 unspecified atom stereocenters. The molecule has 0 heterocycles. The third kappa shape index (κ3) is 4.47. The number of hydrogen-bond donors (Lipinski definition) is 2. The van der Waals surface area contributed by atoms with E-state index >= 15 is 0 Å². The van der Waals surface area contributed by atoms with Crippen LogP contribution in [0.3, 0.4) is 0 Å². The molecule has 0 saturated heterocycles. The summed E-state index contributed by atoms with van der Waals surface area (Å²) in [7, 11) is 1.85. The van der Waals surface area contributed by atoms with E-state index in [1.165, 1.54) is 6.21 Å². The first-order valence-corrected chi connectivity index (χ1v) is 8.86. The Morgan fingerprint density at radius 1 is 1.04 bits per heavy atom. The summed E-state index contributed by atoms with van der Waals surface area (Å²) in [4.78, 5) is 14.6. The lowest BCUT2D eigenvalue weighted by atomic mass is 10.0. The van der Waals surface area contributed by atoms with Crippen molar-refractivity contribution < 1.29 is 4.79 Å². The molecule has 0 fully saturated rings. The summed E-state index contributed by atoms with van der Waals surface area (Å²) in [5.41, 5.74) is 4.63. The maximum Gasteiger partial charge on any atom is 0.253 e. The molecule has 132 valence electrons. The zero-order valence-electron chi connectivity index (χ0n) is 15.3. The highest BCUT2D eigenvalue weighted by Gasteiger charge is 2.14. The minimum Gasteiger partial charge on any atom is -0.388 e. The average Bonchev–Trinajstić information content (AvgIpc) is 2.66. The van der Waals surface area contributed by atoms with Gasteiger partial charge in [0.25, 0.3) is 5.91 Å². The van der Waals surface area contributed by atoms with E-state index in [4.69, 9.17) is 5.41 Å². The molecule has 0 aromatic heterocycles. The van der Waals surface area contributed by atoms with Gasteiger partial charge in [-0.3, -0.25) is 4.79 Å². The molecule has 4 nitrogen and oxygen atoms in total. The Hall–Kier alpha value is -2.62. The molecular weight excluding hydrogens is 310 g/mol. The lowest BCUT2D eigenvalue weighted by Gasteiger charge is -2.21. The summed E-state index contributed by atoms with van der Waals surface area (Å²) in [5, 5.41) is 10.6. The van der Waals surface area contributed by atoms with Gasteiger partial charge in [0.05, 0.1) is 0 Å². The average molecular weight is 337 g/mol. The summed E-state index contributed by atoms with van der Waals surface area (Å²) >= 11 is 0. The van der Waals surface area contributed by atoms with Crippen molar-refractivity contribution in [2.45, 2.75) is 26.7 Å². The number of amides is 1. The molecule has 2 N–H and O–H groups in total. The minimum absolute atomic E-state index is 0.102. The van der Waals surface area contributed by atoms with Crippen molar-refractivity contribution >= 4 is 17.8 Å². The van der Waals surface area contributed by atoms with E-state index in [1.54, 1.807) is 0 Å². The third-order valence-corrected chi connectivity index (χ3v) is 4.22. The fourth-order valence-corrected chi connectivity index (χ4v) is 2.92. The summed E-state index contributed by atoms with van der Waals surface area (Å²) in [6.07, 6.45) is 3.28. The van der Waals surface area contributed by atoms with Crippen LogP contribution < -0.4 is 5.32 Å². The Kier molecular flexibility index (Phi) is 6.75. The zero-order chi connectivity index (χ0) is 18.2. The highest BCUT2D eigenvalue weighted by atomic mass is 16.2. The van der Waals surface area contributed by atoms with Crippen LogP contribution in [0.1, 0.15) is 42.6 Å². The first kappa shape index (κ1) is 18.7. The molecule has 0 atom stereocenters. The van der Waals surface area contributed by atoms with Gasteiger partial charge < -0.3 is 15.6 Å². The maximum atomic E-state index is 12.6. The molecule has 0 spiro atoms. The zero-order valence-corrected chi connectivity index (χ0v) is 15.3.